The third kappa shape index (κ3) is 5.45. The van der Waals surface area contributed by atoms with Crippen LogP contribution in [0.4, 0.5) is 0 Å². The Hall–Kier alpha value is -2.72. The van der Waals surface area contributed by atoms with Crippen LogP contribution in [-0.4, -0.2) is 49.4 Å². The molecule has 2 amide bonds. The SMILES string of the molecule is Cc1noc(C)c1S(=O)(=O)N[C@@H](C)C(=O)NCc1ccc(C(=O)N(C)C(C)C)cc1. The van der Waals surface area contributed by atoms with Crippen LogP contribution < -0.4 is 10.0 Å². The van der Waals surface area contributed by atoms with Gasteiger partial charge in [-0.25, -0.2) is 8.42 Å². The zero-order valence-corrected chi connectivity index (χ0v) is 18.8. The van der Waals surface area contributed by atoms with Crippen molar-refractivity contribution in [2.24, 2.45) is 0 Å². The molecule has 30 heavy (non-hydrogen) atoms. The first-order chi connectivity index (χ1) is 13.9. The van der Waals surface area contributed by atoms with Crippen LogP contribution in [-0.2, 0) is 21.4 Å². The highest BCUT2D eigenvalue weighted by molar-refractivity contribution is 7.89. The van der Waals surface area contributed by atoms with Gasteiger partial charge in [0, 0.05) is 25.2 Å². The van der Waals surface area contributed by atoms with E-state index in [1.54, 1.807) is 36.2 Å². The third-order valence-corrected chi connectivity index (χ3v) is 6.51. The first kappa shape index (κ1) is 23.6. The van der Waals surface area contributed by atoms with E-state index in [1.807, 2.05) is 13.8 Å². The molecule has 10 heteroatoms. The Morgan fingerprint density at radius 3 is 2.23 bits per heavy atom. The van der Waals surface area contributed by atoms with Gasteiger partial charge in [-0.1, -0.05) is 17.3 Å². The fourth-order valence-corrected chi connectivity index (χ4v) is 4.28. The smallest absolute Gasteiger partial charge is 0.253 e. The summed E-state index contributed by atoms with van der Waals surface area (Å²) in [5.41, 5.74) is 1.57. The Bertz CT molecular complexity index is 993. The molecular formula is C20H28N4O5S. The Morgan fingerprint density at radius 1 is 1.13 bits per heavy atom. The number of aromatic nitrogens is 1. The highest BCUT2D eigenvalue weighted by Crippen LogP contribution is 2.18. The summed E-state index contributed by atoms with van der Waals surface area (Å²) < 4.78 is 32.2. The molecule has 0 aliphatic rings. The van der Waals surface area contributed by atoms with Crippen molar-refractivity contribution in [1.29, 1.82) is 0 Å². The minimum Gasteiger partial charge on any atom is -0.360 e. The lowest BCUT2D eigenvalue weighted by Gasteiger charge is -2.21. The van der Waals surface area contributed by atoms with Crippen LogP contribution >= 0.6 is 0 Å². The molecule has 1 aromatic heterocycles. The summed E-state index contributed by atoms with van der Waals surface area (Å²) in [5.74, 6) is -0.404. The highest BCUT2D eigenvalue weighted by Gasteiger charge is 2.28. The molecule has 1 heterocycles. The fraction of sp³-hybridized carbons (Fsp3) is 0.450. The average molecular weight is 437 g/mol. The number of sulfonamides is 1. The third-order valence-electron chi connectivity index (χ3n) is 4.72. The van der Waals surface area contributed by atoms with E-state index in [0.717, 1.165) is 5.56 Å². The number of benzene rings is 1. The van der Waals surface area contributed by atoms with Crippen molar-refractivity contribution in [3.8, 4) is 0 Å². The van der Waals surface area contributed by atoms with E-state index in [2.05, 4.69) is 15.2 Å². The van der Waals surface area contributed by atoms with E-state index in [-0.39, 0.29) is 34.8 Å². The van der Waals surface area contributed by atoms with Crippen molar-refractivity contribution in [3.63, 3.8) is 0 Å². The second-order valence-corrected chi connectivity index (χ2v) is 9.07. The van der Waals surface area contributed by atoms with E-state index in [0.29, 0.717) is 5.56 Å². The maximum atomic E-state index is 12.5. The average Bonchev–Trinajstić information content (AvgIpc) is 3.03. The summed E-state index contributed by atoms with van der Waals surface area (Å²) in [6.07, 6.45) is 0. The monoisotopic (exact) mass is 436 g/mol. The largest absolute Gasteiger partial charge is 0.360 e. The Balaban J connectivity index is 1.96. The Kier molecular flexibility index (Phi) is 7.38. The second kappa shape index (κ2) is 9.40. The van der Waals surface area contributed by atoms with E-state index >= 15 is 0 Å². The number of nitrogens with one attached hydrogen (secondary N) is 2. The predicted octanol–water partition coefficient (Wildman–Crippen LogP) is 1.76. The molecule has 0 aliphatic carbocycles. The van der Waals surface area contributed by atoms with Gasteiger partial charge in [-0.05, 0) is 52.3 Å². The zero-order chi connectivity index (χ0) is 22.6. The number of carbonyl (C=O) groups is 2. The minimum atomic E-state index is -3.95. The fourth-order valence-electron chi connectivity index (χ4n) is 2.75. The van der Waals surface area contributed by atoms with Crippen LogP contribution in [0, 0.1) is 13.8 Å². The van der Waals surface area contributed by atoms with Gasteiger partial charge in [0.15, 0.2) is 5.76 Å². The summed E-state index contributed by atoms with van der Waals surface area (Å²) in [7, 11) is -2.20. The van der Waals surface area contributed by atoms with E-state index in [1.165, 1.54) is 20.8 Å². The van der Waals surface area contributed by atoms with Crippen LogP contribution in [0.3, 0.4) is 0 Å². The van der Waals surface area contributed by atoms with E-state index in [4.69, 9.17) is 4.52 Å². The summed E-state index contributed by atoms with van der Waals surface area (Å²) in [6, 6.07) is 6.00. The highest BCUT2D eigenvalue weighted by atomic mass is 32.2. The number of rotatable bonds is 8. The van der Waals surface area contributed by atoms with Gasteiger partial charge in [-0.2, -0.15) is 4.72 Å². The first-order valence-electron chi connectivity index (χ1n) is 9.53. The quantitative estimate of drug-likeness (QED) is 0.650. The summed E-state index contributed by atoms with van der Waals surface area (Å²) in [4.78, 5) is 26.2. The molecule has 0 saturated heterocycles. The van der Waals surface area contributed by atoms with Crippen molar-refractivity contribution < 1.29 is 22.5 Å². The van der Waals surface area contributed by atoms with Gasteiger partial charge in [0.05, 0.1) is 6.04 Å². The molecule has 0 saturated carbocycles. The Labute approximate surface area is 176 Å². The number of hydrogen-bond acceptors (Lipinski definition) is 6. The van der Waals surface area contributed by atoms with Crippen molar-refractivity contribution in [2.75, 3.05) is 7.05 Å². The van der Waals surface area contributed by atoms with Crippen LogP contribution in [0.5, 0.6) is 0 Å². The molecule has 0 aliphatic heterocycles. The normalized spacial score (nSPS) is 12.6. The van der Waals surface area contributed by atoms with Gasteiger partial charge in [-0.15, -0.1) is 0 Å². The number of hydrogen-bond donors (Lipinski definition) is 2. The standard InChI is InChI=1S/C20H28N4O5S/c1-12(2)24(6)20(26)17-9-7-16(8-10-17)11-21-19(25)14(4)23-30(27,28)18-13(3)22-29-15(18)5/h7-10,12,14,23H,11H2,1-6H3,(H,21,25)/t14-/m0/s1. The van der Waals surface area contributed by atoms with Gasteiger partial charge in [0.2, 0.25) is 15.9 Å². The molecule has 164 valence electrons. The van der Waals surface area contributed by atoms with E-state index < -0.39 is 22.0 Å². The van der Waals surface area contributed by atoms with Gasteiger partial charge < -0.3 is 14.7 Å². The summed E-state index contributed by atoms with van der Waals surface area (Å²) in [5, 5.41) is 6.31. The van der Waals surface area contributed by atoms with Crippen LogP contribution in [0.25, 0.3) is 0 Å². The summed E-state index contributed by atoms with van der Waals surface area (Å²) >= 11 is 0. The molecule has 2 rings (SSSR count). The van der Waals surface area contributed by atoms with Crippen molar-refractivity contribution in [3.05, 3.63) is 46.8 Å². The predicted molar refractivity (Wildman–Crippen MR) is 111 cm³/mol. The molecule has 9 nitrogen and oxygen atoms in total. The molecule has 2 aromatic rings. The lowest BCUT2D eigenvalue weighted by atomic mass is 10.1. The number of carbonyl (C=O) groups excluding carboxylic acids is 2. The molecule has 0 radical (unpaired) electrons. The molecular weight excluding hydrogens is 408 g/mol. The molecule has 0 bridgehead atoms. The molecule has 0 spiro atoms. The lowest BCUT2D eigenvalue weighted by Crippen LogP contribution is -2.44. The van der Waals surface area contributed by atoms with Crippen LogP contribution in [0.15, 0.2) is 33.7 Å². The van der Waals surface area contributed by atoms with Crippen molar-refractivity contribution in [2.45, 2.75) is 58.1 Å². The number of nitrogens with zero attached hydrogens (tertiary/aromatic N) is 2. The van der Waals surface area contributed by atoms with Crippen LogP contribution in [0.1, 0.15) is 48.1 Å². The van der Waals surface area contributed by atoms with Gasteiger partial charge >= 0.3 is 0 Å². The van der Waals surface area contributed by atoms with Crippen molar-refractivity contribution >= 4 is 21.8 Å². The topological polar surface area (TPSA) is 122 Å². The Morgan fingerprint density at radius 2 is 1.73 bits per heavy atom. The molecule has 0 fully saturated rings. The maximum absolute atomic E-state index is 12.5. The zero-order valence-electron chi connectivity index (χ0n) is 18.0. The van der Waals surface area contributed by atoms with Crippen LogP contribution in [0.2, 0.25) is 0 Å². The molecule has 0 unspecified atom stereocenters. The maximum Gasteiger partial charge on any atom is 0.253 e. The molecule has 2 N–H and O–H groups in total. The molecule has 1 aromatic carbocycles. The van der Waals surface area contributed by atoms with Crippen molar-refractivity contribution in [1.82, 2.24) is 20.1 Å². The summed E-state index contributed by atoms with van der Waals surface area (Å²) in [6.45, 7) is 8.53. The number of amides is 2. The second-order valence-electron chi connectivity index (χ2n) is 7.42. The number of aryl methyl sites for hydroxylation is 2. The van der Waals surface area contributed by atoms with Gasteiger partial charge in [0.25, 0.3) is 5.91 Å². The lowest BCUT2D eigenvalue weighted by molar-refractivity contribution is -0.122. The molecule has 1 atom stereocenters. The van der Waals surface area contributed by atoms with E-state index in [9.17, 15) is 18.0 Å². The first-order valence-corrected chi connectivity index (χ1v) is 11.0. The van der Waals surface area contributed by atoms with Gasteiger partial charge in [-0.3, -0.25) is 9.59 Å². The van der Waals surface area contributed by atoms with Gasteiger partial charge in [0.1, 0.15) is 10.6 Å². The minimum absolute atomic E-state index is 0.0613.